The molecule has 0 aliphatic carbocycles. The van der Waals surface area contributed by atoms with E-state index in [1.54, 1.807) is 25.0 Å². The van der Waals surface area contributed by atoms with E-state index in [-0.39, 0.29) is 5.95 Å². The minimum absolute atomic E-state index is 0.247. The van der Waals surface area contributed by atoms with Gasteiger partial charge in [0.05, 0.1) is 18.2 Å². The van der Waals surface area contributed by atoms with Crippen LogP contribution in [-0.4, -0.2) is 40.0 Å². The predicted octanol–water partition coefficient (Wildman–Crippen LogP) is 2.44. The van der Waals surface area contributed by atoms with Crippen LogP contribution in [0.15, 0.2) is 24.4 Å². The van der Waals surface area contributed by atoms with Crippen molar-refractivity contribution in [2.45, 2.75) is 0 Å². The van der Waals surface area contributed by atoms with Gasteiger partial charge in [0.2, 0.25) is 5.95 Å². The summed E-state index contributed by atoms with van der Waals surface area (Å²) in [6.45, 7) is 1.07. The summed E-state index contributed by atoms with van der Waals surface area (Å²) < 4.78 is 33.0. The molecule has 7 nitrogen and oxygen atoms in total. The maximum atomic E-state index is 13.3. The molecule has 0 radical (unpaired) electrons. The highest BCUT2D eigenvalue weighted by Gasteiger charge is 2.12. The number of anilines is 3. The summed E-state index contributed by atoms with van der Waals surface area (Å²) in [5, 5.41) is 10.9. The van der Waals surface area contributed by atoms with Crippen molar-refractivity contribution in [1.29, 1.82) is 0 Å². The second kappa shape index (κ2) is 6.75. The van der Waals surface area contributed by atoms with E-state index in [0.717, 1.165) is 17.5 Å². The summed E-state index contributed by atoms with van der Waals surface area (Å²) in [7, 11) is 3.37. The maximum Gasteiger partial charge on any atom is 0.231 e. The molecule has 0 aliphatic rings. The number of aromatic nitrogens is 4. The maximum absolute atomic E-state index is 13.3. The molecule has 2 heterocycles. The molecule has 126 valence electrons. The summed E-state index contributed by atoms with van der Waals surface area (Å²) in [5.41, 5.74) is 0.952. The minimum atomic E-state index is -0.944. The minimum Gasteiger partial charge on any atom is -0.383 e. The number of fused-ring (bicyclic) bond motifs is 1. The summed E-state index contributed by atoms with van der Waals surface area (Å²) in [6, 6.07) is 3.50. The van der Waals surface area contributed by atoms with E-state index in [0.29, 0.717) is 30.3 Å². The van der Waals surface area contributed by atoms with Gasteiger partial charge in [-0.1, -0.05) is 0 Å². The first-order chi connectivity index (χ1) is 11.6. The molecule has 0 bridgehead atoms. The number of nitrogens with one attached hydrogen (secondary N) is 2. The summed E-state index contributed by atoms with van der Waals surface area (Å²) in [6.07, 6.45) is 1.66. The molecule has 0 unspecified atom stereocenters. The van der Waals surface area contributed by atoms with E-state index in [1.165, 1.54) is 6.07 Å². The van der Waals surface area contributed by atoms with E-state index in [2.05, 4.69) is 25.7 Å². The summed E-state index contributed by atoms with van der Waals surface area (Å²) in [4.78, 5) is 8.74. The average molecular weight is 334 g/mol. The van der Waals surface area contributed by atoms with Crippen LogP contribution in [0.25, 0.3) is 11.0 Å². The Bertz CT molecular complexity index is 867. The van der Waals surface area contributed by atoms with Gasteiger partial charge in [0.1, 0.15) is 5.82 Å². The Hall–Kier alpha value is -2.81. The number of rotatable bonds is 6. The van der Waals surface area contributed by atoms with Gasteiger partial charge >= 0.3 is 0 Å². The Labute approximate surface area is 136 Å². The number of ether oxygens (including phenoxy) is 1. The standard InChI is InChI=1S/C15H16F2N6O/c1-23-14-10(8-19-23)13(18-5-6-24-2)21-15(22-14)20-9-3-4-11(16)12(17)7-9/h3-4,7-8H,5-6H2,1-2H3,(H2,18,20,21,22). The number of aryl methyl sites for hydroxylation is 1. The van der Waals surface area contributed by atoms with Crippen molar-refractivity contribution in [1.82, 2.24) is 19.7 Å². The molecule has 2 aromatic heterocycles. The molecule has 0 spiro atoms. The lowest BCUT2D eigenvalue weighted by Gasteiger charge is -2.10. The molecule has 0 saturated heterocycles. The SMILES string of the molecule is COCCNc1nc(Nc2ccc(F)c(F)c2)nc2c1cnn2C. The van der Waals surface area contributed by atoms with Crippen molar-refractivity contribution in [3.8, 4) is 0 Å². The van der Waals surface area contributed by atoms with Gasteiger partial charge in [0.15, 0.2) is 17.3 Å². The van der Waals surface area contributed by atoms with Gasteiger partial charge in [0, 0.05) is 32.5 Å². The molecule has 1 aromatic carbocycles. The first kappa shape index (κ1) is 16.1. The van der Waals surface area contributed by atoms with Gasteiger partial charge < -0.3 is 15.4 Å². The van der Waals surface area contributed by atoms with Gasteiger partial charge in [-0.05, 0) is 12.1 Å². The fraction of sp³-hybridized carbons (Fsp3) is 0.267. The summed E-state index contributed by atoms with van der Waals surface area (Å²) in [5.74, 6) is -1.03. The zero-order valence-electron chi connectivity index (χ0n) is 13.2. The molecule has 0 amide bonds. The van der Waals surface area contributed by atoms with Crippen LogP contribution in [0.2, 0.25) is 0 Å². The lowest BCUT2D eigenvalue weighted by atomic mass is 10.3. The molecule has 3 aromatic rings. The van der Waals surface area contributed by atoms with Crippen LogP contribution in [0.1, 0.15) is 0 Å². The first-order valence-electron chi connectivity index (χ1n) is 7.23. The normalized spacial score (nSPS) is 11.0. The molecule has 0 saturated carbocycles. The van der Waals surface area contributed by atoms with E-state index in [9.17, 15) is 8.78 Å². The third-order valence-corrected chi connectivity index (χ3v) is 3.37. The van der Waals surface area contributed by atoms with Crippen LogP contribution < -0.4 is 10.6 Å². The molecular weight excluding hydrogens is 318 g/mol. The Balaban J connectivity index is 1.94. The number of benzene rings is 1. The highest BCUT2D eigenvalue weighted by molar-refractivity contribution is 5.87. The van der Waals surface area contributed by atoms with Gasteiger partial charge in [-0.2, -0.15) is 15.1 Å². The topological polar surface area (TPSA) is 76.9 Å². The van der Waals surface area contributed by atoms with Crippen molar-refractivity contribution >= 4 is 28.5 Å². The van der Waals surface area contributed by atoms with E-state index < -0.39 is 11.6 Å². The number of halogens is 2. The molecule has 0 aliphatic heterocycles. The smallest absolute Gasteiger partial charge is 0.231 e. The highest BCUT2D eigenvalue weighted by atomic mass is 19.2. The fourth-order valence-electron chi connectivity index (χ4n) is 2.19. The van der Waals surface area contributed by atoms with Crippen LogP contribution in [0.5, 0.6) is 0 Å². The molecule has 3 rings (SSSR count). The lowest BCUT2D eigenvalue weighted by molar-refractivity contribution is 0.210. The van der Waals surface area contributed by atoms with Gasteiger partial charge in [0.25, 0.3) is 0 Å². The molecule has 0 atom stereocenters. The van der Waals surface area contributed by atoms with Gasteiger partial charge in [-0.3, -0.25) is 4.68 Å². The largest absolute Gasteiger partial charge is 0.383 e. The molecule has 2 N–H and O–H groups in total. The van der Waals surface area contributed by atoms with E-state index in [4.69, 9.17) is 4.74 Å². The van der Waals surface area contributed by atoms with Crippen molar-refractivity contribution in [2.24, 2.45) is 7.05 Å². The number of hydrogen-bond acceptors (Lipinski definition) is 6. The van der Waals surface area contributed by atoms with Gasteiger partial charge in [-0.15, -0.1) is 0 Å². The van der Waals surface area contributed by atoms with Gasteiger partial charge in [-0.25, -0.2) is 8.78 Å². The van der Waals surface area contributed by atoms with E-state index in [1.807, 2.05) is 0 Å². The second-order valence-electron chi connectivity index (χ2n) is 5.07. The highest BCUT2D eigenvalue weighted by Crippen LogP contribution is 2.23. The van der Waals surface area contributed by atoms with Crippen LogP contribution in [0.3, 0.4) is 0 Å². The lowest BCUT2D eigenvalue weighted by Crippen LogP contribution is -2.11. The molecule has 24 heavy (non-hydrogen) atoms. The molecular formula is C15H16F2N6O. The average Bonchev–Trinajstić information content (AvgIpc) is 2.93. The van der Waals surface area contributed by atoms with Crippen LogP contribution in [-0.2, 0) is 11.8 Å². The Morgan fingerprint density at radius 1 is 1.21 bits per heavy atom. The zero-order valence-corrected chi connectivity index (χ0v) is 13.2. The molecule has 0 fully saturated rings. The molecule has 9 heteroatoms. The number of nitrogens with zero attached hydrogens (tertiary/aromatic N) is 4. The van der Waals surface area contributed by atoms with Crippen molar-refractivity contribution in [3.63, 3.8) is 0 Å². The third kappa shape index (κ3) is 3.25. The Morgan fingerprint density at radius 3 is 2.79 bits per heavy atom. The van der Waals surface area contributed by atoms with Crippen molar-refractivity contribution < 1.29 is 13.5 Å². The predicted molar refractivity (Wildman–Crippen MR) is 86.3 cm³/mol. The fourth-order valence-corrected chi connectivity index (χ4v) is 2.19. The van der Waals surface area contributed by atoms with Crippen LogP contribution in [0, 0.1) is 11.6 Å². The third-order valence-electron chi connectivity index (χ3n) is 3.37. The number of hydrogen-bond donors (Lipinski definition) is 2. The number of methoxy groups -OCH3 is 1. The van der Waals surface area contributed by atoms with Crippen LogP contribution >= 0.6 is 0 Å². The van der Waals surface area contributed by atoms with Crippen molar-refractivity contribution in [2.75, 3.05) is 30.9 Å². The first-order valence-corrected chi connectivity index (χ1v) is 7.23. The quantitative estimate of drug-likeness (QED) is 0.674. The Kier molecular flexibility index (Phi) is 4.52. The second-order valence-corrected chi connectivity index (χ2v) is 5.07. The van der Waals surface area contributed by atoms with Crippen LogP contribution in [0.4, 0.5) is 26.2 Å². The summed E-state index contributed by atoms with van der Waals surface area (Å²) >= 11 is 0. The Morgan fingerprint density at radius 2 is 2.04 bits per heavy atom. The van der Waals surface area contributed by atoms with Crippen molar-refractivity contribution in [3.05, 3.63) is 36.0 Å². The monoisotopic (exact) mass is 334 g/mol. The van der Waals surface area contributed by atoms with E-state index >= 15 is 0 Å². The zero-order chi connectivity index (χ0) is 17.1.